The zero-order valence-electron chi connectivity index (χ0n) is 9.58. The van der Waals surface area contributed by atoms with Crippen molar-refractivity contribution >= 4 is 11.8 Å². The van der Waals surface area contributed by atoms with Gasteiger partial charge in [-0.2, -0.15) is 11.8 Å². The lowest BCUT2D eigenvalue weighted by Gasteiger charge is -2.38. The highest BCUT2D eigenvalue weighted by Crippen LogP contribution is 2.37. The van der Waals surface area contributed by atoms with Crippen molar-refractivity contribution in [2.45, 2.75) is 62.4 Å². The first-order valence-electron chi connectivity index (χ1n) is 6.16. The largest absolute Gasteiger partial charge is 0.389 e. The highest BCUT2D eigenvalue weighted by molar-refractivity contribution is 8.00. The van der Waals surface area contributed by atoms with Crippen LogP contribution in [-0.4, -0.2) is 34.4 Å². The molecule has 0 aromatic carbocycles. The second kappa shape index (κ2) is 5.07. The van der Waals surface area contributed by atoms with Crippen molar-refractivity contribution < 1.29 is 9.84 Å². The first-order valence-corrected chi connectivity index (χ1v) is 7.21. The number of rotatable bonds is 3. The third-order valence-electron chi connectivity index (χ3n) is 3.80. The van der Waals surface area contributed by atoms with Crippen LogP contribution in [0.15, 0.2) is 0 Å². The fraction of sp³-hybridized carbons (Fsp3) is 1.00. The maximum absolute atomic E-state index is 10.5. The second-order valence-electron chi connectivity index (χ2n) is 4.89. The van der Waals surface area contributed by atoms with Crippen molar-refractivity contribution in [3.8, 4) is 0 Å². The summed E-state index contributed by atoms with van der Waals surface area (Å²) in [5.41, 5.74) is -0.422. The van der Waals surface area contributed by atoms with Crippen LogP contribution in [0.2, 0.25) is 0 Å². The molecule has 3 atom stereocenters. The fourth-order valence-electron chi connectivity index (χ4n) is 2.61. The van der Waals surface area contributed by atoms with Crippen LogP contribution in [0, 0.1) is 0 Å². The zero-order chi connectivity index (χ0) is 10.7. The van der Waals surface area contributed by atoms with Crippen LogP contribution in [0.1, 0.15) is 45.4 Å². The number of ether oxygens (including phenoxy) is 1. The first-order chi connectivity index (χ1) is 7.21. The summed E-state index contributed by atoms with van der Waals surface area (Å²) in [5, 5.41) is 10.9. The third kappa shape index (κ3) is 2.89. The van der Waals surface area contributed by atoms with Crippen LogP contribution < -0.4 is 0 Å². The molecule has 3 heteroatoms. The summed E-state index contributed by atoms with van der Waals surface area (Å²) in [4.78, 5) is 0. The van der Waals surface area contributed by atoms with Gasteiger partial charge in [0.05, 0.1) is 11.7 Å². The summed E-state index contributed by atoms with van der Waals surface area (Å²) >= 11 is 1.92. The SMILES string of the molecule is CC1SCCCC1(O)CCC1CCCO1. The lowest BCUT2D eigenvalue weighted by molar-refractivity contribution is 0.00218. The summed E-state index contributed by atoms with van der Waals surface area (Å²) in [6, 6.07) is 0. The minimum absolute atomic E-state index is 0.396. The molecule has 0 bridgehead atoms. The minimum atomic E-state index is -0.422. The Morgan fingerprint density at radius 1 is 1.47 bits per heavy atom. The third-order valence-corrected chi connectivity index (χ3v) is 5.26. The molecule has 2 fully saturated rings. The molecule has 0 amide bonds. The van der Waals surface area contributed by atoms with Gasteiger partial charge >= 0.3 is 0 Å². The highest BCUT2D eigenvalue weighted by atomic mass is 32.2. The van der Waals surface area contributed by atoms with Gasteiger partial charge in [0.2, 0.25) is 0 Å². The van der Waals surface area contributed by atoms with Gasteiger partial charge in [-0.15, -0.1) is 0 Å². The standard InChI is InChI=1S/C12H22O2S/c1-10-12(13,6-3-9-15-10)7-5-11-4-2-8-14-11/h10-11,13H,2-9H2,1H3. The summed E-state index contributed by atoms with van der Waals surface area (Å²) in [6.45, 7) is 3.09. The quantitative estimate of drug-likeness (QED) is 0.808. The predicted octanol–water partition coefficient (Wildman–Crippen LogP) is 2.59. The van der Waals surface area contributed by atoms with E-state index in [9.17, 15) is 5.11 Å². The Bertz CT molecular complexity index is 204. The van der Waals surface area contributed by atoms with Gasteiger partial charge < -0.3 is 9.84 Å². The molecule has 2 rings (SSSR count). The molecule has 2 aliphatic rings. The van der Waals surface area contributed by atoms with Gasteiger partial charge in [0.15, 0.2) is 0 Å². The molecule has 0 radical (unpaired) electrons. The monoisotopic (exact) mass is 230 g/mol. The summed E-state index contributed by atoms with van der Waals surface area (Å²) < 4.78 is 5.61. The summed E-state index contributed by atoms with van der Waals surface area (Å²) in [5.74, 6) is 1.21. The van der Waals surface area contributed by atoms with Gasteiger partial charge in [-0.25, -0.2) is 0 Å². The number of hydrogen-bond acceptors (Lipinski definition) is 3. The average Bonchev–Trinajstić information content (AvgIpc) is 2.73. The molecule has 2 nitrogen and oxygen atoms in total. The van der Waals surface area contributed by atoms with Gasteiger partial charge in [-0.3, -0.25) is 0 Å². The topological polar surface area (TPSA) is 29.5 Å². The first kappa shape index (κ1) is 11.7. The molecule has 2 saturated heterocycles. The molecule has 0 aromatic heterocycles. The van der Waals surface area contributed by atoms with Gasteiger partial charge in [-0.05, 0) is 44.3 Å². The molecule has 15 heavy (non-hydrogen) atoms. The minimum Gasteiger partial charge on any atom is -0.389 e. The van der Waals surface area contributed by atoms with E-state index < -0.39 is 5.60 Å². The molecule has 88 valence electrons. The molecule has 2 heterocycles. The molecule has 0 saturated carbocycles. The highest BCUT2D eigenvalue weighted by Gasteiger charge is 2.36. The van der Waals surface area contributed by atoms with Crippen LogP contribution in [0.25, 0.3) is 0 Å². The van der Waals surface area contributed by atoms with Crippen molar-refractivity contribution in [1.82, 2.24) is 0 Å². The molecule has 0 spiro atoms. The van der Waals surface area contributed by atoms with Crippen molar-refractivity contribution in [2.24, 2.45) is 0 Å². The van der Waals surface area contributed by atoms with E-state index in [4.69, 9.17) is 4.74 Å². The Balaban J connectivity index is 1.80. The normalized spacial score (nSPS) is 42.0. The van der Waals surface area contributed by atoms with Crippen LogP contribution >= 0.6 is 11.8 Å². The Labute approximate surface area is 96.8 Å². The molecule has 3 unspecified atom stereocenters. The van der Waals surface area contributed by atoms with Gasteiger partial charge in [0.1, 0.15) is 0 Å². The lowest BCUT2D eigenvalue weighted by Crippen LogP contribution is -2.42. The molecule has 0 aromatic rings. The fourth-order valence-corrected chi connectivity index (χ4v) is 3.82. The van der Waals surface area contributed by atoms with E-state index in [1.165, 1.54) is 18.6 Å². The van der Waals surface area contributed by atoms with Crippen molar-refractivity contribution in [2.75, 3.05) is 12.4 Å². The average molecular weight is 230 g/mol. The summed E-state index contributed by atoms with van der Waals surface area (Å²) in [6.07, 6.45) is 6.93. The van der Waals surface area contributed by atoms with E-state index in [1.807, 2.05) is 11.8 Å². The number of thioether (sulfide) groups is 1. The molecule has 1 N–H and O–H groups in total. The second-order valence-corrected chi connectivity index (χ2v) is 6.34. The zero-order valence-corrected chi connectivity index (χ0v) is 10.4. The van der Waals surface area contributed by atoms with Gasteiger partial charge in [0.25, 0.3) is 0 Å². The molecule has 0 aliphatic carbocycles. The number of hydrogen-bond donors (Lipinski definition) is 1. The Morgan fingerprint density at radius 2 is 2.33 bits per heavy atom. The molecular formula is C12H22O2S. The smallest absolute Gasteiger partial charge is 0.0764 e. The van der Waals surface area contributed by atoms with E-state index >= 15 is 0 Å². The van der Waals surface area contributed by atoms with Crippen molar-refractivity contribution in [3.63, 3.8) is 0 Å². The molecule has 2 aliphatic heterocycles. The maximum Gasteiger partial charge on any atom is 0.0764 e. The summed E-state index contributed by atoms with van der Waals surface area (Å²) in [7, 11) is 0. The lowest BCUT2D eigenvalue weighted by atomic mass is 9.87. The Kier molecular flexibility index (Phi) is 3.97. The van der Waals surface area contributed by atoms with Crippen LogP contribution in [0.5, 0.6) is 0 Å². The van der Waals surface area contributed by atoms with Crippen molar-refractivity contribution in [1.29, 1.82) is 0 Å². The van der Waals surface area contributed by atoms with Crippen LogP contribution in [0.3, 0.4) is 0 Å². The maximum atomic E-state index is 10.5. The predicted molar refractivity (Wildman–Crippen MR) is 64.3 cm³/mol. The van der Waals surface area contributed by atoms with E-state index in [0.29, 0.717) is 11.4 Å². The van der Waals surface area contributed by atoms with Crippen LogP contribution in [-0.2, 0) is 4.74 Å². The molecular weight excluding hydrogens is 208 g/mol. The number of aliphatic hydroxyl groups is 1. The van der Waals surface area contributed by atoms with Crippen LogP contribution in [0.4, 0.5) is 0 Å². The Morgan fingerprint density at radius 3 is 3.00 bits per heavy atom. The van der Waals surface area contributed by atoms with E-state index in [2.05, 4.69) is 6.92 Å². The van der Waals surface area contributed by atoms with E-state index in [-0.39, 0.29) is 0 Å². The van der Waals surface area contributed by atoms with E-state index in [1.54, 1.807) is 0 Å². The Hall–Kier alpha value is 0.270. The van der Waals surface area contributed by atoms with Gasteiger partial charge in [0, 0.05) is 11.9 Å². The van der Waals surface area contributed by atoms with E-state index in [0.717, 1.165) is 32.3 Å². The van der Waals surface area contributed by atoms with Gasteiger partial charge in [-0.1, -0.05) is 6.92 Å². The van der Waals surface area contributed by atoms with Crippen molar-refractivity contribution in [3.05, 3.63) is 0 Å².